The molecule has 0 fully saturated rings. The Hall–Kier alpha value is -2.44. The smallest absolute Gasteiger partial charge is 0.306 e. The summed E-state index contributed by atoms with van der Waals surface area (Å²) in [5.41, 5.74) is 0. The Kier molecular flexibility index (Phi) is 41.8. The molecule has 0 aromatic heterocycles. The first kappa shape index (κ1) is 53.6. The van der Waals surface area contributed by atoms with Crippen LogP contribution in [0.5, 0.6) is 0 Å². The number of carbonyl (C=O) groups is 2. The van der Waals surface area contributed by atoms with Crippen molar-refractivity contribution in [1.29, 1.82) is 0 Å². The number of nitrogens with one attached hydrogen (secondary N) is 1. The molecule has 0 saturated heterocycles. The van der Waals surface area contributed by atoms with Crippen LogP contribution in [0.15, 0.2) is 60.8 Å². The quantitative estimate of drug-likeness (QED) is 0.0248. The van der Waals surface area contributed by atoms with Crippen LogP contribution in [0.3, 0.4) is 0 Å². The van der Waals surface area contributed by atoms with Gasteiger partial charge in [0.2, 0.25) is 5.91 Å². The highest BCUT2D eigenvalue weighted by Gasteiger charge is 2.24. The molecule has 3 N–H and O–H groups in total. The van der Waals surface area contributed by atoms with E-state index >= 15 is 0 Å². The van der Waals surface area contributed by atoms with Crippen LogP contribution in [0.2, 0.25) is 0 Å². The van der Waals surface area contributed by atoms with Gasteiger partial charge in [0.1, 0.15) is 6.10 Å². The molecule has 0 radical (unpaired) electrons. The predicted octanol–water partition coefficient (Wildman–Crippen LogP) is 13.7. The summed E-state index contributed by atoms with van der Waals surface area (Å²) >= 11 is 0. The Balaban J connectivity index is 4.68. The Morgan fingerprint density at radius 3 is 1.59 bits per heavy atom. The van der Waals surface area contributed by atoms with Gasteiger partial charge in [0, 0.05) is 6.42 Å². The second-order valence-corrected chi connectivity index (χ2v) is 15.8. The summed E-state index contributed by atoms with van der Waals surface area (Å²) in [5, 5.41) is 23.6. The van der Waals surface area contributed by atoms with E-state index in [0.29, 0.717) is 19.3 Å². The fourth-order valence-electron chi connectivity index (χ4n) is 6.79. The van der Waals surface area contributed by atoms with E-state index in [-0.39, 0.29) is 24.9 Å². The third-order valence-electron chi connectivity index (χ3n) is 10.4. The Bertz CT molecular complexity index is 1010. The second-order valence-electron chi connectivity index (χ2n) is 15.8. The van der Waals surface area contributed by atoms with Gasteiger partial charge in [-0.15, -0.1) is 0 Å². The molecule has 0 saturated carbocycles. The molecule has 0 bridgehead atoms. The third kappa shape index (κ3) is 38.4. The lowest BCUT2D eigenvalue weighted by atomic mass is 10.0. The van der Waals surface area contributed by atoms with E-state index in [9.17, 15) is 19.8 Å². The van der Waals surface area contributed by atoms with E-state index in [1.54, 1.807) is 0 Å². The van der Waals surface area contributed by atoms with Crippen molar-refractivity contribution in [2.75, 3.05) is 6.61 Å². The first-order valence-corrected chi connectivity index (χ1v) is 23.5. The maximum atomic E-state index is 13.1. The monoisotopic (exact) mass is 784 g/mol. The highest BCUT2D eigenvalue weighted by molar-refractivity contribution is 5.77. The predicted molar refractivity (Wildman–Crippen MR) is 241 cm³/mol. The van der Waals surface area contributed by atoms with E-state index in [0.717, 1.165) is 89.9 Å². The van der Waals surface area contributed by atoms with Crippen LogP contribution in [-0.2, 0) is 14.3 Å². The molecule has 3 atom stereocenters. The maximum absolute atomic E-state index is 13.1. The van der Waals surface area contributed by atoms with Crippen LogP contribution in [0, 0.1) is 0 Å². The number of carbonyl (C=O) groups excluding carboxylic acids is 2. The molecule has 0 aliphatic rings. The van der Waals surface area contributed by atoms with Gasteiger partial charge >= 0.3 is 5.97 Å². The number of hydrogen-bond acceptors (Lipinski definition) is 5. The zero-order valence-electron chi connectivity index (χ0n) is 36.8. The van der Waals surface area contributed by atoms with Crippen LogP contribution < -0.4 is 5.32 Å². The molecule has 0 aromatic carbocycles. The first-order valence-electron chi connectivity index (χ1n) is 23.5. The van der Waals surface area contributed by atoms with Gasteiger partial charge in [-0.1, -0.05) is 184 Å². The molecule has 0 aliphatic heterocycles. The standard InChI is InChI=1S/C50H89NO5/c1-4-7-10-13-16-19-21-23-24-25-26-28-31-34-37-40-43-50(55)56-46(41-38-35-32-30-27-22-20-17-14-11-8-5-2)44-49(54)51-47(45-52)48(53)42-39-36-33-29-18-15-12-9-6-3/h8,11,17,20,24-28,30,46-48,52-53H,4-7,9-10,12-16,18-19,21-23,29,31-45H2,1-3H3,(H,51,54)/b11-8+,20-17+,25-24+,28-26+,30-27+. The molecule has 3 unspecified atom stereocenters. The molecule has 0 aromatic rings. The van der Waals surface area contributed by atoms with Gasteiger partial charge in [-0.25, -0.2) is 0 Å². The van der Waals surface area contributed by atoms with E-state index < -0.39 is 18.2 Å². The lowest BCUT2D eigenvalue weighted by molar-refractivity contribution is -0.151. The third-order valence-corrected chi connectivity index (χ3v) is 10.4. The van der Waals surface area contributed by atoms with Crippen LogP contribution in [0.1, 0.15) is 220 Å². The highest BCUT2D eigenvalue weighted by atomic mass is 16.5. The SMILES string of the molecule is CC/C=C/C/C=C/C/C=C/CCCCC(CC(=O)NC(CO)C(O)CCCCCCCCCCC)OC(=O)CCCCC/C=C/C=C/CCCCCCCCC. The van der Waals surface area contributed by atoms with Crippen molar-refractivity contribution < 1.29 is 24.5 Å². The zero-order chi connectivity index (χ0) is 41.0. The van der Waals surface area contributed by atoms with Gasteiger partial charge in [-0.2, -0.15) is 0 Å². The number of esters is 1. The molecular formula is C50H89NO5. The lowest BCUT2D eigenvalue weighted by Crippen LogP contribution is -2.46. The topological polar surface area (TPSA) is 95.9 Å². The molecule has 6 heteroatoms. The number of rotatable bonds is 41. The van der Waals surface area contributed by atoms with Crippen LogP contribution in [-0.4, -0.2) is 46.9 Å². The maximum Gasteiger partial charge on any atom is 0.306 e. The van der Waals surface area contributed by atoms with Crippen molar-refractivity contribution in [1.82, 2.24) is 5.32 Å². The average molecular weight is 784 g/mol. The van der Waals surface area contributed by atoms with Gasteiger partial charge in [0.15, 0.2) is 0 Å². The lowest BCUT2D eigenvalue weighted by Gasteiger charge is -2.24. The number of aliphatic hydroxyl groups excluding tert-OH is 2. The van der Waals surface area contributed by atoms with Crippen LogP contribution in [0.4, 0.5) is 0 Å². The van der Waals surface area contributed by atoms with Crippen molar-refractivity contribution in [3.05, 3.63) is 60.8 Å². The van der Waals surface area contributed by atoms with Crippen molar-refractivity contribution in [3.63, 3.8) is 0 Å². The van der Waals surface area contributed by atoms with Crippen molar-refractivity contribution in [2.24, 2.45) is 0 Å². The first-order chi connectivity index (χ1) is 27.5. The molecule has 1 amide bonds. The summed E-state index contributed by atoms with van der Waals surface area (Å²) in [6.07, 6.45) is 52.9. The van der Waals surface area contributed by atoms with Crippen molar-refractivity contribution in [3.8, 4) is 0 Å². The zero-order valence-corrected chi connectivity index (χ0v) is 36.8. The summed E-state index contributed by atoms with van der Waals surface area (Å²) in [4.78, 5) is 26.0. The minimum absolute atomic E-state index is 0.0391. The number of aliphatic hydroxyl groups is 2. The van der Waals surface area contributed by atoms with Crippen molar-refractivity contribution in [2.45, 2.75) is 238 Å². The van der Waals surface area contributed by atoms with Crippen LogP contribution in [0.25, 0.3) is 0 Å². The largest absolute Gasteiger partial charge is 0.462 e. The van der Waals surface area contributed by atoms with Crippen molar-refractivity contribution >= 4 is 11.9 Å². The fraction of sp³-hybridized carbons (Fsp3) is 0.760. The number of amides is 1. The van der Waals surface area contributed by atoms with Gasteiger partial charge in [-0.3, -0.25) is 9.59 Å². The molecule has 6 nitrogen and oxygen atoms in total. The molecule has 0 rings (SSSR count). The summed E-state index contributed by atoms with van der Waals surface area (Å²) < 4.78 is 5.87. The van der Waals surface area contributed by atoms with Gasteiger partial charge < -0.3 is 20.3 Å². The highest BCUT2D eigenvalue weighted by Crippen LogP contribution is 2.16. The van der Waals surface area contributed by atoms with Crippen LogP contribution >= 0.6 is 0 Å². The minimum atomic E-state index is -0.801. The number of unbranched alkanes of at least 4 members (excludes halogenated alkanes) is 20. The average Bonchev–Trinajstić information content (AvgIpc) is 3.19. The molecule has 0 aliphatic carbocycles. The number of hydrogen-bond donors (Lipinski definition) is 3. The summed E-state index contributed by atoms with van der Waals surface area (Å²) in [7, 11) is 0. The summed E-state index contributed by atoms with van der Waals surface area (Å²) in [6, 6.07) is -0.718. The van der Waals surface area contributed by atoms with Gasteiger partial charge in [0.25, 0.3) is 0 Å². The molecule has 0 spiro atoms. The number of allylic oxidation sites excluding steroid dienone is 10. The molecule has 324 valence electrons. The molecule has 56 heavy (non-hydrogen) atoms. The summed E-state index contributed by atoms with van der Waals surface area (Å²) in [6.45, 7) is 6.31. The van der Waals surface area contributed by atoms with E-state index in [2.05, 4.69) is 86.8 Å². The Morgan fingerprint density at radius 2 is 1.02 bits per heavy atom. The fourth-order valence-corrected chi connectivity index (χ4v) is 6.79. The summed E-state index contributed by atoms with van der Waals surface area (Å²) in [5.74, 6) is -0.548. The Labute approximate surface area is 346 Å². The van der Waals surface area contributed by atoms with E-state index in [1.165, 1.54) is 83.5 Å². The Morgan fingerprint density at radius 1 is 0.554 bits per heavy atom. The normalized spacial score (nSPS) is 13.9. The second kappa shape index (κ2) is 43.7. The van der Waals surface area contributed by atoms with Gasteiger partial charge in [0.05, 0.1) is 25.2 Å². The van der Waals surface area contributed by atoms with E-state index in [4.69, 9.17) is 4.74 Å². The molecular weight excluding hydrogens is 695 g/mol. The molecule has 0 heterocycles. The minimum Gasteiger partial charge on any atom is -0.462 e. The van der Waals surface area contributed by atoms with E-state index in [1.807, 2.05) is 0 Å². The van der Waals surface area contributed by atoms with Gasteiger partial charge in [-0.05, 0) is 83.5 Å². The number of ether oxygens (including phenoxy) is 1.